The first-order valence-electron chi connectivity index (χ1n) is 8.35. The largest absolute Gasteiger partial charge is 0.317 e. The Balaban J connectivity index is 1.85. The number of nitrogens with zero attached hydrogens (tertiary/aromatic N) is 2. The highest BCUT2D eigenvalue weighted by Gasteiger charge is 2.30. The first-order chi connectivity index (χ1) is 11.2. The number of hydrogen-bond acceptors (Lipinski definition) is 3. The van der Waals surface area contributed by atoms with E-state index in [-0.39, 0.29) is 11.6 Å². The van der Waals surface area contributed by atoms with E-state index in [1.165, 1.54) is 12.1 Å². The number of piperidine rings is 1. The van der Waals surface area contributed by atoms with Crippen molar-refractivity contribution in [1.82, 2.24) is 15.1 Å². The highest BCUT2D eigenvalue weighted by Crippen LogP contribution is 2.34. The molecule has 0 spiro atoms. The second-order valence-electron chi connectivity index (χ2n) is 6.38. The van der Waals surface area contributed by atoms with Crippen LogP contribution in [0.25, 0.3) is 11.3 Å². The Bertz CT molecular complexity index is 747. The van der Waals surface area contributed by atoms with Crippen LogP contribution in [0.15, 0.2) is 24.3 Å². The molecular weight excluding hydrogens is 293 g/mol. The van der Waals surface area contributed by atoms with Gasteiger partial charge in [-0.1, -0.05) is 12.1 Å². The molecule has 2 heterocycles. The van der Waals surface area contributed by atoms with Gasteiger partial charge in [0.05, 0.1) is 17.3 Å². The molecule has 1 fully saturated rings. The average molecular weight is 313 g/mol. The van der Waals surface area contributed by atoms with E-state index < -0.39 is 0 Å². The number of rotatable bonds is 2. The van der Waals surface area contributed by atoms with E-state index in [0.717, 1.165) is 50.0 Å². The molecule has 0 saturated carbocycles. The van der Waals surface area contributed by atoms with E-state index >= 15 is 0 Å². The monoisotopic (exact) mass is 313 g/mol. The lowest BCUT2D eigenvalue weighted by atomic mass is 9.92. The fraction of sp³-hybridized carbons (Fsp3) is 0.444. The Morgan fingerprint density at radius 3 is 2.83 bits per heavy atom. The van der Waals surface area contributed by atoms with Crippen molar-refractivity contribution in [3.05, 3.63) is 41.3 Å². The Hall–Kier alpha value is -2.01. The van der Waals surface area contributed by atoms with Crippen molar-refractivity contribution in [1.29, 1.82) is 0 Å². The van der Waals surface area contributed by atoms with Crippen LogP contribution >= 0.6 is 0 Å². The maximum atomic E-state index is 13.6. The van der Waals surface area contributed by atoms with Gasteiger partial charge in [-0.25, -0.2) is 4.39 Å². The average Bonchev–Trinajstić information content (AvgIpc) is 2.97. The molecule has 4 rings (SSSR count). The van der Waals surface area contributed by atoms with Gasteiger partial charge < -0.3 is 5.32 Å². The molecule has 1 N–H and O–H groups in total. The number of Topliss-reactive ketones (excluding diaryl/α,β-unsaturated/α-hetero) is 1. The normalized spacial score (nSPS) is 18.9. The third-order valence-electron chi connectivity index (χ3n) is 4.86. The number of ketones is 1. The van der Waals surface area contributed by atoms with Crippen molar-refractivity contribution in [2.24, 2.45) is 0 Å². The molecule has 120 valence electrons. The second-order valence-corrected chi connectivity index (χ2v) is 6.38. The molecular formula is C18H20FN3O. The predicted molar refractivity (Wildman–Crippen MR) is 86.0 cm³/mol. The van der Waals surface area contributed by atoms with Crippen molar-refractivity contribution in [3.8, 4) is 11.3 Å². The number of aromatic nitrogens is 2. The van der Waals surface area contributed by atoms with Crippen molar-refractivity contribution in [2.45, 2.75) is 38.1 Å². The summed E-state index contributed by atoms with van der Waals surface area (Å²) in [5.74, 6) is -0.151. The van der Waals surface area contributed by atoms with Gasteiger partial charge in [0.1, 0.15) is 11.5 Å². The Labute approximate surface area is 134 Å². The molecule has 4 nitrogen and oxygen atoms in total. The molecule has 0 unspecified atom stereocenters. The third kappa shape index (κ3) is 2.59. The van der Waals surface area contributed by atoms with Crippen LogP contribution in [0.5, 0.6) is 0 Å². The van der Waals surface area contributed by atoms with Gasteiger partial charge in [0, 0.05) is 12.0 Å². The van der Waals surface area contributed by atoms with Gasteiger partial charge in [-0.15, -0.1) is 0 Å². The summed E-state index contributed by atoms with van der Waals surface area (Å²) in [7, 11) is 0. The second kappa shape index (κ2) is 5.89. The SMILES string of the molecule is O=C1CCCc2c1c(-c1cccc(F)c1)nn2C1CCNCC1. The lowest BCUT2D eigenvalue weighted by Gasteiger charge is -2.25. The summed E-state index contributed by atoms with van der Waals surface area (Å²) in [5.41, 5.74) is 3.12. The summed E-state index contributed by atoms with van der Waals surface area (Å²) < 4.78 is 15.7. The summed E-state index contributed by atoms with van der Waals surface area (Å²) in [6.07, 6.45) is 4.36. The van der Waals surface area contributed by atoms with E-state index in [1.807, 2.05) is 6.07 Å². The van der Waals surface area contributed by atoms with Gasteiger partial charge in [0.2, 0.25) is 0 Å². The first kappa shape index (κ1) is 14.6. The molecule has 1 aromatic heterocycles. The van der Waals surface area contributed by atoms with Crippen molar-refractivity contribution >= 4 is 5.78 Å². The maximum absolute atomic E-state index is 13.6. The molecule has 5 heteroatoms. The lowest BCUT2D eigenvalue weighted by Crippen LogP contribution is -2.31. The highest BCUT2D eigenvalue weighted by atomic mass is 19.1. The predicted octanol–water partition coefficient (Wildman–Crippen LogP) is 3.13. The molecule has 1 aliphatic heterocycles. The molecule has 0 amide bonds. The number of hydrogen-bond donors (Lipinski definition) is 1. The van der Waals surface area contributed by atoms with Crippen LogP contribution in [0.1, 0.15) is 47.8 Å². The van der Waals surface area contributed by atoms with Crippen molar-refractivity contribution in [3.63, 3.8) is 0 Å². The number of halogens is 1. The minimum absolute atomic E-state index is 0.144. The van der Waals surface area contributed by atoms with Crippen molar-refractivity contribution in [2.75, 3.05) is 13.1 Å². The zero-order valence-corrected chi connectivity index (χ0v) is 13.0. The fourth-order valence-electron chi connectivity index (χ4n) is 3.73. The quantitative estimate of drug-likeness (QED) is 0.926. The number of fused-ring (bicyclic) bond motifs is 1. The maximum Gasteiger partial charge on any atom is 0.166 e. The van der Waals surface area contributed by atoms with Crippen LogP contribution in [-0.2, 0) is 6.42 Å². The van der Waals surface area contributed by atoms with E-state index in [1.54, 1.807) is 6.07 Å². The number of benzene rings is 1. The van der Waals surface area contributed by atoms with Gasteiger partial charge in [0.25, 0.3) is 0 Å². The fourth-order valence-corrected chi connectivity index (χ4v) is 3.73. The zero-order chi connectivity index (χ0) is 15.8. The first-order valence-corrected chi connectivity index (χ1v) is 8.35. The minimum Gasteiger partial charge on any atom is -0.317 e. The van der Waals surface area contributed by atoms with Crippen LogP contribution in [-0.4, -0.2) is 28.7 Å². The summed E-state index contributed by atoms with van der Waals surface area (Å²) in [6, 6.07) is 6.73. The molecule has 0 radical (unpaired) electrons. The highest BCUT2D eigenvalue weighted by molar-refractivity contribution is 6.03. The van der Waals surface area contributed by atoms with Crippen molar-refractivity contribution < 1.29 is 9.18 Å². The molecule has 0 bridgehead atoms. The number of carbonyl (C=O) groups excluding carboxylic acids is 1. The van der Waals surface area contributed by atoms with Gasteiger partial charge in [-0.3, -0.25) is 9.48 Å². The van der Waals surface area contributed by atoms with E-state index in [4.69, 9.17) is 5.10 Å². The van der Waals surface area contributed by atoms with Crippen LogP contribution in [0, 0.1) is 5.82 Å². The standard InChI is InChI=1S/C18H20FN3O/c19-13-4-1-3-12(11-13)18-17-15(5-2-6-16(17)23)22(21-18)14-7-9-20-10-8-14/h1,3-4,11,14,20H,2,5-10H2. The van der Waals surface area contributed by atoms with E-state index in [0.29, 0.717) is 23.7 Å². The zero-order valence-electron chi connectivity index (χ0n) is 13.0. The molecule has 2 aromatic rings. The third-order valence-corrected chi connectivity index (χ3v) is 4.86. The number of nitrogens with one attached hydrogen (secondary N) is 1. The molecule has 1 aromatic carbocycles. The van der Waals surface area contributed by atoms with Crippen LogP contribution < -0.4 is 5.32 Å². The molecule has 23 heavy (non-hydrogen) atoms. The Kier molecular flexibility index (Phi) is 3.73. The van der Waals surface area contributed by atoms with Gasteiger partial charge in [-0.2, -0.15) is 5.10 Å². The topological polar surface area (TPSA) is 46.9 Å². The summed E-state index contributed by atoms with van der Waals surface area (Å²) in [5, 5.41) is 8.14. The van der Waals surface area contributed by atoms with Gasteiger partial charge >= 0.3 is 0 Å². The number of carbonyl (C=O) groups is 1. The molecule has 0 atom stereocenters. The van der Waals surface area contributed by atoms with E-state index in [9.17, 15) is 9.18 Å². The smallest absolute Gasteiger partial charge is 0.166 e. The van der Waals surface area contributed by atoms with Crippen LogP contribution in [0.3, 0.4) is 0 Å². The summed E-state index contributed by atoms with van der Waals surface area (Å²) in [6.45, 7) is 1.95. The Morgan fingerprint density at radius 2 is 2.04 bits per heavy atom. The summed E-state index contributed by atoms with van der Waals surface area (Å²) in [4.78, 5) is 12.5. The molecule has 1 aliphatic carbocycles. The van der Waals surface area contributed by atoms with Crippen LogP contribution in [0.2, 0.25) is 0 Å². The lowest BCUT2D eigenvalue weighted by molar-refractivity contribution is 0.0972. The Morgan fingerprint density at radius 1 is 1.22 bits per heavy atom. The van der Waals surface area contributed by atoms with E-state index in [2.05, 4.69) is 10.00 Å². The molecule has 1 saturated heterocycles. The van der Waals surface area contributed by atoms with Gasteiger partial charge in [0.15, 0.2) is 5.78 Å². The molecule has 2 aliphatic rings. The summed E-state index contributed by atoms with van der Waals surface area (Å²) >= 11 is 0. The minimum atomic E-state index is -0.295. The van der Waals surface area contributed by atoms with Crippen LogP contribution in [0.4, 0.5) is 4.39 Å². The van der Waals surface area contributed by atoms with Gasteiger partial charge in [-0.05, 0) is 50.9 Å².